The molecule has 1 unspecified atom stereocenters. The van der Waals surface area contributed by atoms with E-state index in [1.54, 1.807) is 19.1 Å². The van der Waals surface area contributed by atoms with Crippen molar-refractivity contribution in [2.45, 2.75) is 13.0 Å². The summed E-state index contributed by atoms with van der Waals surface area (Å²) in [5.41, 5.74) is 1.36. The molecule has 1 fully saturated rings. The van der Waals surface area contributed by atoms with E-state index in [1.807, 2.05) is 0 Å². The molecule has 1 aromatic carbocycles. The molecule has 5 nitrogen and oxygen atoms in total. The van der Waals surface area contributed by atoms with Crippen LogP contribution < -0.4 is 0 Å². The maximum absolute atomic E-state index is 12.9. The zero-order chi connectivity index (χ0) is 15.4. The minimum absolute atomic E-state index is 0.00942. The lowest BCUT2D eigenvalue weighted by Crippen LogP contribution is -2.52. The molecule has 0 bridgehead atoms. The van der Waals surface area contributed by atoms with Crippen molar-refractivity contribution < 1.29 is 23.8 Å². The molecule has 0 aliphatic carbocycles. The summed E-state index contributed by atoms with van der Waals surface area (Å²) in [4.78, 5) is 24.6. The number of aliphatic carboxylic acids is 1. The molecule has 0 saturated carbocycles. The highest BCUT2D eigenvalue weighted by Gasteiger charge is 2.31. The van der Waals surface area contributed by atoms with Crippen LogP contribution in [0, 0.1) is 5.82 Å². The molecule has 0 radical (unpaired) electrons. The number of ether oxygens (including phenoxy) is 1. The number of carboxylic acid groups (broad SMARTS) is 1. The normalized spacial score (nSPS) is 19.4. The van der Waals surface area contributed by atoms with Crippen LogP contribution in [0.5, 0.6) is 0 Å². The molecule has 1 aliphatic heterocycles. The van der Waals surface area contributed by atoms with Crippen LogP contribution in [0.25, 0.3) is 5.57 Å². The number of rotatable bonds is 3. The molecule has 1 saturated heterocycles. The standard InChI is InChI=1S/C15H16FNO4/c1-10(11-2-4-12(16)5-3-11)8-14(18)17-6-7-21-9-13(17)15(19)20/h2-5,8,13H,6-7,9H2,1H3,(H,19,20)/b10-8-. The molecular formula is C15H16FNO4. The van der Waals surface area contributed by atoms with E-state index < -0.39 is 12.0 Å². The lowest BCUT2D eigenvalue weighted by molar-refractivity contribution is -0.156. The van der Waals surface area contributed by atoms with Gasteiger partial charge in [-0.25, -0.2) is 9.18 Å². The zero-order valence-electron chi connectivity index (χ0n) is 11.6. The summed E-state index contributed by atoms with van der Waals surface area (Å²) >= 11 is 0. The van der Waals surface area contributed by atoms with Gasteiger partial charge in [0.2, 0.25) is 5.91 Å². The van der Waals surface area contributed by atoms with Gasteiger partial charge in [0, 0.05) is 12.6 Å². The number of morpholine rings is 1. The van der Waals surface area contributed by atoms with Crippen molar-refractivity contribution in [2.24, 2.45) is 0 Å². The van der Waals surface area contributed by atoms with E-state index in [1.165, 1.54) is 23.1 Å². The van der Waals surface area contributed by atoms with Crippen molar-refractivity contribution in [2.75, 3.05) is 19.8 Å². The van der Waals surface area contributed by atoms with Gasteiger partial charge in [-0.3, -0.25) is 4.79 Å². The summed E-state index contributed by atoms with van der Waals surface area (Å²) in [6.07, 6.45) is 1.37. The van der Waals surface area contributed by atoms with Crippen LogP contribution in [-0.2, 0) is 14.3 Å². The Kier molecular flexibility index (Phi) is 4.70. The monoisotopic (exact) mass is 293 g/mol. The molecule has 1 atom stereocenters. The molecule has 1 N–H and O–H groups in total. The second-order valence-corrected chi connectivity index (χ2v) is 4.79. The van der Waals surface area contributed by atoms with Crippen LogP contribution in [-0.4, -0.2) is 47.7 Å². The molecule has 21 heavy (non-hydrogen) atoms. The molecule has 2 rings (SSSR count). The predicted octanol–water partition coefficient (Wildman–Crippen LogP) is 1.54. The van der Waals surface area contributed by atoms with E-state index in [4.69, 9.17) is 9.84 Å². The number of carboxylic acids is 1. The number of benzene rings is 1. The third kappa shape index (κ3) is 3.66. The number of nitrogens with zero attached hydrogens (tertiary/aromatic N) is 1. The summed E-state index contributed by atoms with van der Waals surface area (Å²) < 4.78 is 18.0. The highest BCUT2D eigenvalue weighted by molar-refractivity contribution is 5.97. The SMILES string of the molecule is C/C(=C/C(=O)N1CCOCC1C(=O)O)c1ccc(F)cc1. The van der Waals surface area contributed by atoms with Crippen molar-refractivity contribution >= 4 is 17.4 Å². The molecular weight excluding hydrogens is 277 g/mol. The van der Waals surface area contributed by atoms with Gasteiger partial charge in [0.25, 0.3) is 0 Å². The average Bonchev–Trinajstić information content (AvgIpc) is 2.47. The van der Waals surface area contributed by atoms with Gasteiger partial charge in [0.1, 0.15) is 5.82 Å². The van der Waals surface area contributed by atoms with E-state index in [9.17, 15) is 14.0 Å². The molecule has 0 spiro atoms. The smallest absolute Gasteiger partial charge is 0.328 e. The first kappa shape index (κ1) is 15.2. The number of hydrogen-bond donors (Lipinski definition) is 1. The molecule has 6 heteroatoms. The van der Waals surface area contributed by atoms with Crippen LogP contribution in [0.1, 0.15) is 12.5 Å². The van der Waals surface area contributed by atoms with E-state index >= 15 is 0 Å². The van der Waals surface area contributed by atoms with Gasteiger partial charge in [0.15, 0.2) is 6.04 Å². The molecule has 1 amide bonds. The van der Waals surface area contributed by atoms with Crippen molar-refractivity contribution in [1.82, 2.24) is 4.90 Å². The second-order valence-electron chi connectivity index (χ2n) is 4.79. The summed E-state index contributed by atoms with van der Waals surface area (Å²) in [6.45, 7) is 2.27. The quantitative estimate of drug-likeness (QED) is 0.859. The maximum atomic E-state index is 12.9. The highest BCUT2D eigenvalue weighted by Crippen LogP contribution is 2.16. The Labute approximate surface area is 121 Å². The Morgan fingerprint density at radius 3 is 2.67 bits per heavy atom. The Morgan fingerprint density at radius 1 is 1.38 bits per heavy atom. The highest BCUT2D eigenvalue weighted by atomic mass is 19.1. The van der Waals surface area contributed by atoms with Crippen LogP contribution in [0.15, 0.2) is 30.3 Å². The summed E-state index contributed by atoms with van der Waals surface area (Å²) in [6, 6.07) is 4.80. The van der Waals surface area contributed by atoms with Gasteiger partial charge >= 0.3 is 5.97 Å². The number of amides is 1. The van der Waals surface area contributed by atoms with Crippen molar-refractivity contribution in [3.05, 3.63) is 41.7 Å². The Bertz CT molecular complexity index is 568. The minimum atomic E-state index is -1.09. The van der Waals surface area contributed by atoms with Crippen LogP contribution in [0.4, 0.5) is 4.39 Å². The van der Waals surface area contributed by atoms with Gasteiger partial charge in [-0.2, -0.15) is 0 Å². The largest absolute Gasteiger partial charge is 0.480 e. The molecule has 0 aromatic heterocycles. The molecule has 112 valence electrons. The first-order valence-electron chi connectivity index (χ1n) is 6.54. The number of carbonyl (C=O) groups excluding carboxylic acids is 1. The second kappa shape index (κ2) is 6.49. The van der Waals surface area contributed by atoms with Crippen LogP contribution in [0.2, 0.25) is 0 Å². The first-order chi connectivity index (χ1) is 9.99. The predicted molar refractivity (Wildman–Crippen MR) is 74.0 cm³/mol. The Hall–Kier alpha value is -2.21. The van der Waals surface area contributed by atoms with Gasteiger partial charge < -0.3 is 14.7 Å². The van der Waals surface area contributed by atoms with Gasteiger partial charge in [-0.15, -0.1) is 0 Å². The van der Waals surface area contributed by atoms with Crippen molar-refractivity contribution in [1.29, 1.82) is 0 Å². The third-order valence-electron chi connectivity index (χ3n) is 3.34. The van der Waals surface area contributed by atoms with E-state index in [-0.39, 0.29) is 24.9 Å². The van der Waals surface area contributed by atoms with E-state index in [0.29, 0.717) is 17.7 Å². The van der Waals surface area contributed by atoms with E-state index in [0.717, 1.165) is 0 Å². The first-order valence-corrected chi connectivity index (χ1v) is 6.54. The topological polar surface area (TPSA) is 66.8 Å². The fourth-order valence-corrected chi connectivity index (χ4v) is 2.14. The van der Waals surface area contributed by atoms with Gasteiger partial charge in [-0.05, 0) is 30.2 Å². The zero-order valence-corrected chi connectivity index (χ0v) is 11.6. The lowest BCUT2D eigenvalue weighted by Gasteiger charge is -2.32. The molecule has 1 aromatic rings. The van der Waals surface area contributed by atoms with Crippen LogP contribution in [0.3, 0.4) is 0 Å². The maximum Gasteiger partial charge on any atom is 0.328 e. The minimum Gasteiger partial charge on any atom is -0.480 e. The third-order valence-corrected chi connectivity index (χ3v) is 3.34. The summed E-state index contributed by atoms with van der Waals surface area (Å²) in [5.74, 6) is -1.82. The number of halogens is 1. The average molecular weight is 293 g/mol. The summed E-state index contributed by atoms with van der Waals surface area (Å²) in [5, 5.41) is 9.10. The van der Waals surface area contributed by atoms with Crippen molar-refractivity contribution in [3.8, 4) is 0 Å². The fourth-order valence-electron chi connectivity index (χ4n) is 2.14. The fraction of sp³-hybridized carbons (Fsp3) is 0.333. The number of carbonyl (C=O) groups is 2. The van der Waals surface area contributed by atoms with Gasteiger partial charge in [0.05, 0.1) is 13.2 Å². The molecule has 1 heterocycles. The number of allylic oxidation sites excluding steroid dienone is 1. The Balaban J connectivity index is 2.16. The lowest BCUT2D eigenvalue weighted by atomic mass is 10.1. The van der Waals surface area contributed by atoms with Crippen molar-refractivity contribution in [3.63, 3.8) is 0 Å². The Morgan fingerprint density at radius 2 is 2.05 bits per heavy atom. The molecule has 1 aliphatic rings. The summed E-state index contributed by atoms with van der Waals surface area (Å²) in [7, 11) is 0. The van der Waals surface area contributed by atoms with Gasteiger partial charge in [-0.1, -0.05) is 12.1 Å². The number of hydrogen-bond acceptors (Lipinski definition) is 3. The van der Waals surface area contributed by atoms with Crippen LogP contribution >= 0.6 is 0 Å². The van der Waals surface area contributed by atoms with E-state index in [2.05, 4.69) is 0 Å².